The number of benzene rings is 3. The molecule has 166 valence electrons. The van der Waals surface area contributed by atoms with Crippen LogP contribution in [0, 0.1) is 6.92 Å². The van der Waals surface area contributed by atoms with Crippen LogP contribution in [0.3, 0.4) is 0 Å². The van der Waals surface area contributed by atoms with E-state index in [1.54, 1.807) is 0 Å². The fourth-order valence-corrected chi connectivity index (χ4v) is 4.76. The number of thiazole rings is 1. The highest BCUT2D eigenvalue weighted by molar-refractivity contribution is 7.15. The molecule has 0 radical (unpaired) electrons. The average molecular weight is 458 g/mol. The minimum atomic E-state index is -1.20. The first-order valence-corrected chi connectivity index (χ1v) is 11.1. The molecule has 6 nitrogen and oxygen atoms in total. The lowest BCUT2D eigenvalue weighted by Gasteiger charge is -2.36. The Kier molecular flexibility index (Phi) is 6.51. The van der Waals surface area contributed by atoms with Crippen LogP contribution in [0.1, 0.15) is 27.3 Å². The zero-order chi connectivity index (χ0) is 23.3. The Labute approximate surface area is 196 Å². The van der Waals surface area contributed by atoms with E-state index in [1.165, 1.54) is 18.4 Å². The second-order valence-electron chi connectivity index (χ2n) is 7.32. The van der Waals surface area contributed by atoms with Crippen LogP contribution in [0.2, 0.25) is 0 Å². The van der Waals surface area contributed by atoms with Crippen LogP contribution < -0.4 is 5.32 Å². The van der Waals surface area contributed by atoms with Gasteiger partial charge in [0.25, 0.3) is 0 Å². The van der Waals surface area contributed by atoms with Crippen molar-refractivity contribution < 1.29 is 14.7 Å². The standard InChI is InChI=1S/C26H23N3O3S/c1-18-22(23(24(30)31)29-32-2)27-25(33-18)28-26(19-12-6-3-7-13-19,20-14-8-4-9-15-20)21-16-10-5-11-17-21/h3-17H,1-2H3,(H,27,28)(H,30,31)/b29-23+. The molecule has 1 aromatic heterocycles. The Morgan fingerprint density at radius 1 is 0.909 bits per heavy atom. The van der Waals surface area contributed by atoms with Gasteiger partial charge in [0.2, 0.25) is 5.71 Å². The fourth-order valence-electron chi connectivity index (χ4n) is 3.89. The van der Waals surface area contributed by atoms with Gasteiger partial charge in [-0.2, -0.15) is 0 Å². The lowest BCUT2D eigenvalue weighted by Crippen LogP contribution is -2.38. The highest BCUT2D eigenvalue weighted by Crippen LogP contribution is 2.41. The number of carboxylic acid groups (broad SMARTS) is 1. The summed E-state index contributed by atoms with van der Waals surface area (Å²) in [5.41, 5.74) is 2.37. The van der Waals surface area contributed by atoms with Crippen molar-refractivity contribution in [2.45, 2.75) is 12.5 Å². The summed E-state index contributed by atoms with van der Waals surface area (Å²) in [7, 11) is 1.31. The van der Waals surface area contributed by atoms with E-state index in [0.717, 1.165) is 21.6 Å². The number of carbonyl (C=O) groups is 1. The normalized spacial score (nSPS) is 11.8. The summed E-state index contributed by atoms with van der Waals surface area (Å²) >= 11 is 1.37. The zero-order valence-electron chi connectivity index (χ0n) is 18.2. The van der Waals surface area contributed by atoms with Gasteiger partial charge in [0.15, 0.2) is 5.13 Å². The molecular formula is C26H23N3O3S. The number of aryl methyl sites for hydroxylation is 1. The van der Waals surface area contributed by atoms with E-state index in [0.29, 0.717) is 5.13 Å². The summed E-state index contributed by atoms with van der Waals surface area (Å²) in [6, 6.07) is 30.4. The van der Waals surface area contributed by atoms with E-state index in [9.17, 15) is 9.90 Å². The molecule has 0 fully saturated rings. The monoisotopic (exact) mass is 457 g/mol. The van der Waals surface area contributed by atoms with Crippen molar-refractivity contribution in [1.82, 2.24) is 4.98 Å². The first-order valence-electron chi connectivity index (χ1n) is 10.3. The van der Waals surface area contributed by atoms with E-state index in [1.807, 2.05) is 61.5 Å². The lowest BCUT2D eigenvalue weighted by atomic mass is 9.77. The van der Waals surface area contributed by atoms with E-state index < -0.39 is 11.5 Å². The van der Waals surface area contributed by atoms with E-state index >= 15 is 0 Å². The van der Waals surface area contributed by atoms with Gasteiger partial charge < -0.3 is 15.3 Å². The predicted octanol–water partition coefficient (Wildman–Crippen LogP) is 5.29. The molecule has 0 unspecified atom stereocenters. The second-order valence-corrected chi connectivity index (χ2v) is 8.53. The quantitative estimate of drug-likeness (QED) is 0.213. The number of hydrogen-bond acceptors (Lipinski definition) is 6. The highest BCUT2D eigenvalue weighted by atomic mass is 32.1. The topological polar surface area (TPSA) is 83.8 Å². The van der Waals surface area contributed by atoms with Crippen LogP contribution in [0.25, 0.3) is 0 Å². The van der Waals surface area contributed by atoms with Crippen molar-refractivity contribution in [2.24, 2.45) is 5.16 Å². The van der Waals surface area contributed by atoms with Crippen LogP contribution in [0.4, 0.5) is 5.13 Å². The van der Waals surface area contributed by atoms with Crippen molar-refractivity contribution in [3.05, 3.63) is 118 Å². The van der Waals surface area contributed by atoms with Crippen LogP contribution >= 0.6 is 11.3 Å². The number of aromatic nitrogens is 1. The molecule has 0 aliphatic carbocycles. The Morgan fingerprint density at radius 3 is 1.76 bits per heavy atom. The molecule has 33 heavy (non-hydrogen) atoms. The predicted molar refractivity (Wildman–Crippen MR) is 131 cm³/mol. The minimum Gasteiger partial charge on any atom is -0.476 e. The van der Waals surface area contributed by atoms with Crippen molar-refractivity contribution in [2.75, 3.05) is 12.4 Å². The van der Waals surface area contributed by atoms with Crippen LogP contribution in [-0.2, 0) is 15.2 Å². The summed E-state index contributed by atoms with van der Waals surface area (Å²) in [4.78, 5) is 21.8. The molecule has 0 saturated carbocycles. The molecule has 0 atom stereocenters. The second kappa shape index (κ2) is 9.67. The van der Waals surface area contributed by atoms with Crippen LogP contribution in [0.15, 0.2) is 96.2 Å². The lowest BCUT2D eigenvalue weighted by molar-refractivity contribution is -0.129. The molecule has 0 aliphatic rings. The molecule has 0 amide bonds. The van der Waals surface area contributed by atoms with E-state index in [2.05, 4.69) is 51.9 Å². The smallest absolute Gasteiger partial charge is 0.360 e. The van der Waals surface area contributed by atoms with Gasteiger partial charge in [-0.1, -0.05) is 96.2 Å². The largest absolute Gasteiger partial charge is 0.476 e. The maximum absolute atomic E-state index is 11.7. The molecule has 0 bridgehead atoms. The van der Waals surface area contributed by atoms with Gasteiger partial charge >= 0.3 is 5.97 Å². The Hall–Kier alpha value is -3.97. The summed E-state index contributed by atoms with van der Waals surface area (Å²) in [5.74, 6) is -1.20. The third-order valence-corrected chi connectivity index (χ3v) is 6.21. The summed E-state index contributed by atoms with van der Waals surface area (Å²) in [6.07, 6.45) is 0. The van der Waals surface area contributed by atoms with Gasteiger partial charge in [0, 0.05) is 4.88 Å². The Bertz CT molecular complexity index is 1160. The molecule has 3 aromatic carbocycles. The molecule has 4 rings (SSSR count). The molecule has 0 saturated heterocycles. The maximum Gasteiger partial charge on any atom is 0.360 e. The highest BCUT2D eigenvalue weighted by Gasteiger charge is 2.37. The number of anilines is 1. The van der Waals surface area contributed by atoms with Gasteiger partial charge in [-0.05, 0) is 23.6 Å². The van der Waals surface area contributed by atoms with Crippen molar-refractivity contribution >= 4 is 28.1 Å². The van der Waals surface area contributed by atoms with Gasteiger partial charge in [-0.25, -0.2) is 9.78 Å². The van der Waals surface area contributed by atoms with Crippen LogP contribution in [0.5, 0.6) is 0 Å². The molecule has 1 heterocycles. The van der Waals surface area contributed by atoms with Gasteiger partial charge in [0.1, 0.15) is 18.3 Å². The summed E-state index contributed by atoms with van der Waals surface area (Å²) in [5, 5.41) is 17.5. The third kappa shape index (κ3) is 4.36. The summed E-state index contributed by atoms with van der Waals surface area (Å²) in [6.45, 7) is 1.82. The molecule has 4 aromatic rings. The van der Waals surface area contributed by atoms with E-state index in [-0.39, 0.29) is 11.4 Å². The van der Waals surface area contributed by atoms with E-state index in [4.69, 9.17) is 4.84 Å². The molecule has 0 aliphatic heterocycles. The Morgan fingerprint density at radius 2 is 1.36 bits per heavy atom. The number of nitrogens with one attached hydrogen (secondary N) is 1. The molecule has 7 heteroatoms. The van der Waals surface area contributed by atoms with Crippen LogP contribution in [-0.4, -0.2) is 28.9 Å². The first-order chi connectivity index (χ1) is 16.1. The van der Waals surface area contributed by atoms with Gasteiger partial charge in [-0.3, -0.25) is 0 Å². The number of carboxylic acids is 1. The number of oxime groups is 1. The molecular weight excluding hydrogens is 434 g/mol. The Balaban J connectivity index is 1.93. The number of hydrogen-bond donors (Lipinski definition) is 2. The number of nitrogens with zero attached hydrogens (tertiary/aromatic N) is 2. The fraction of sp³-hybridized carbons (Fsp3) is 0.115. The minimum absolute atomic E-state index is 0.232. The zero-order valence-corrected chi connectivity index (χ0v) is 19.0. The van der Waals surface area contributed by atoms with Crippen molar-refractivity contribution in [1.29, 1.82) is 0 Å². The third-order valence-electron chi connectivity index (χ3n) is 5.32. The van der Waals surface area contributed by atoms with Crippen molar-refractivity contribution in [3.8, 4) is 0 Å². The summed E-state index contributed by atoms with van der Waals surface area (Å²) < 4.78 is 0. The number of rotatable bonds is 8. The first kappa shape index (κ1) is 22.2. The SMILES string of the molecule is CO/N=C(/C(=O)O)c1nc(NC(c2ccccc2)(c2ccccc2)c2ccccc2)sc1C. The molecule has 0 spiro atoms. The average Bonchev–Trinajstić information content (AvgIpc) is 3.21. The van der Waals surface area contributed by atoms with Gasteiger partial charge in [-0.15, -0.1) is 11.3 Å². The molecule has 2 N–H and O–H groups in total. The number of aliphatic carboxylic acids is 1. The van der Waals surface area contributed by atoms with Gasteiger partial charge in [0.05, 0.1) is 0 Å². The van der Waals surface area contributed by atoms with Crippen molar-refractivity contribution in [3.63, 3.8) is 0 Å². The maximum atomic E-state index is 11.7.